The normalized spacial score (nSPS) is 23.7. The van der Waals surface area contributed by atoms with E-state index in [2.05, 4.69) is 74.1 Å². The van der Waals surface area contributed by atoms with Crippen LogP contribution in [0.25, 0.3) is 10.9 Å². The predicted octanol–water partition coefficient (Wildman–Crippen LogP) is -4.91. The van der Waals surface area contributed by atoms with E-state index in [-0.39, 0.29) is 70.9 Å². The summed E-state index contributed by atoms with van der Waals surface area (Å²) in [6, 6.07) is 9.57. The molecule has 0 radical (unpaired) electrons. The van der Waals surface area contributed by atoms with Crippen molar-refractivity contribution in [2.45, 2.75) is 182 Å². The molecule has 1 fully saturated rings. The second kappa shape index (κ2) is 47.6. The molecular weight excluding hydrogens is 1530 g/mol. The van der Waals surface area contributed by atoms with Gasteiger partial charge >= 0.3 is 5.97 Å². The molecule has 15 atom stereocenters. The number of carbonyl (C=O) groups is 15. The van der Waals surface area contributed by atoms with Gasteiger partial charge in [-0.15, -0.1) is 0 Å². The maximum atomic E-state index is 15.4. The average Bonchev–Trinajstić information content (AvgIpc) is 1.71. The van der Waals surface area contributed by atoms with Crippen LogP contribution in [0, 0.1) is 0 Å². The number of carboxylic acids is 1. The molecule has 0 bridgehead atoms. The minimum atomic E-state index is -1.99. The monoisotopic (exact) mass is 1640 g/mol. The quantitative estimate of drug-likeness (QED) is 0.0182. The van der Waals surface area contributed by atoms with Crippen molar-refractivity contribution in [3.05, 3.63) is 144 Å². The van der Waals surface area contributed by atoms with Gasteiger partial charge in [-0.3, -0.25) is 67.1 Å². The van der Waals surface area contributed by atoms with Crippen molar-refractivity contribution in [1.82, 2.24) is 74.1 Å². The minimum absolute atomic E-state index is 0.104. The Morgan fingerprint density at radius 2 is 0.852 bits per heavy atom. The Bertz CT molecular complexity index is 4130. The number of H-pyrrole nitrogens is 1. The van der Waals surface area contributed by atoms with Crippen molar-refractivity contribution in [3.63, 3.8) is 0 Å². The highest BCUT2D eigenvalue weighted by Crippen LogP contribution is 2.25. The van der Waals surface area contributed by atoms with Crippen LogP contribution in [0.4, 0.5) is 0 Å². The van der Waals surface area contributed by atoms with Crippen molar-refractivity contribution in [2.24, 2.45) is 22.9 Å². The molecule has 37 nitrogen and oxygen atoms in total. The van der Waals surface area contributed by atoms with Crippen molar-refractivity contribution < 1.29 is 92.3 Å². The highest BCUT2D eigenvalue weighted by molar-refractivity contribution is 8.76. The summed E-state index contributed by atoms with van der Waals surface area (Å²) in [7, 11) is 1.49. The number of aromatic amines is 1. The zero-order valence-electron chi connectivity index (χ0n) is 63.8. The first kappa shape index (κ1) is 92.8. The van der Waals surface area contributed by atoms with Gasteiger partial charge in [0.05, 0.1) is 37.8 Å². The van der Waals surface area contributed by atoms with E-state index in [0.717, 1.165) is 35.4 Å². The Morgan fingerprint density at radius 1 is 0.470 bits per heavy atom. The third-order valence-electron chi connectivity index (χ3n) is 18.3. The number of amides is 14. The van der Waals surface area contributed by atoms with Crippen molar-refractivity contribution >= 4 is 121 Å². The number of aromatic nitrogens is 1. The number of aliphatic hydroxyl groups excluding tert-OH is 3. The summed E-state index contributed by atoms with van der Waals surface area (Å²) < 4.78 is 0. The lowest BCUT2D eigenvalue weighted by Gasteiger charge is -2.29. The van der Waals surface area contributed by atoms with E-state index in [1.54, 1.807) is 121 Å². The van der Waals surface area contributed by atoms with Crippen molar-refractivity contribution in [3.8, 4) is 0 Å². The maximum absolute atomic E-state index is 15.4. The predicted molar refractivity (Wildman–Crippen MR) is 425 cm³/mol. The van der Waals surface area contributed by atoms with Gasteiger partial charge in [0.25, 0.3) is 0 Å². The molecule has 0 unspecified atom stereocenters. The zero-order chi connectivity index (χ0) is 84.3. The van der Waals surface area contributed by atoms with Gasteiger partial charge in [-0.25, -0.2) is 4.79 Å². The Hall–Kier alpha value is -11.1. The highest BCUT2D eigenvalue weighted by atomic mass is 33.1. The Kier molecular flexibility index (Phi) is 38.4. The lowest BCUT2D eigenvalue weighted by molar-refractivity contribution is -0.142. The molecule has 5 aromatic rings. The molecule has 6 rings (SSSR count). The Morgan fingerprint density at radius 3 is 1.30 bits per heavy atom. The number of aliphatic carboxylic acids is 1. The first-order chi connectivity index (χ1) is 54.9. The fourth-order valence-electron chi connectivity index (χ4n) is 11.9. The van der Waals surface area contributed by atoms with Gasteiger partial charge in [0.2, 0.25) is 82.7 Å². The molecule has 0 aliphatic carbocycles. The fourth-order valence-corrected chi connectivity index (χ4v) is 14.3. The van der Waals surface area contributed by atoms with Crippen LogP contribution in [0.1, 0.15) is 88.0 Å². The van der Waals surface area contributed by atoms with E-state index >= 15 is 14.4 Å². The van der Waals surface area contributed by atoms with Crippen LogP contribution in [-0.2, 0) is 97.6 Å². The fraction of sp³-hybridized carbons (Fsp3) is 0.461. The van der Waals surface area contributed by atoms with Crippen LogP contribution in [0.5, 0.6) is 0 Å². The molecule has 624 valence electrons. The molecule has 26 N–H and O–H groups in total. The number of aliphatic hydroxyl groups is 3. The summed E-state index contributed by atoms with van der Waals surface area (Å²) >= 11 is 0. The number of rotatable bonds is 26. The number of nitrogens with two attached hydrogens (primary N) is 4. The molecule has 0 saturated carbocycles. The summed E-state index contributed by atoms with van der Waals surface area (Å²) in [6.07, 6.45) is -3.48. The third kappa shape index (κ3) is 30.7. The number of unbranched alkanes of at least 4 members (excludes halogenated alkanes) is 2. The first-order valence-corrected chi connectivity index (χ1v) is 39.8. The Labute approximate surface area is 670 Å². The number of carbonyl (C=O) groups excluding carboxylic acids is 14. The number of fused-ring (bicyclic) bond motifs is 1. The molecule has 115 heavy (non-hydrogen) atoms. The molecule has 0 spiro atoms. The molecule has 39 heteroatoms. The van der Waals surface area contributed by atoms with E-state index in [9.17, 15) is 78.0 Å². The largest absolute Gasteiger partial charge is 0.480 e. The lowest BCUT2D eigenvalue weighted by atomic mass is 10.00. The smallest absolute Gasteiger partial charge is 0.327 e. The van der Waals surface area contributed by atoms with E-state index in [0.29, 0.717) is 39.6 Å². The number of benzene rings is 4. The van der Waals surface area contributed by atoms with Crippen LogP contribution in [0.15, 0.2) is 121 Å². The van der Waals surface area contributed by atoms with Gasteiger partial charge < -0.3 is 117 Å². The number of hydrogen-bond acceptors (Lipinski definition) is 23. The number of hydrogen-bond donors (Lipinski definition) is 22. The van der Waals surface area contributed by atoms with E-state index < -0.39 is 210 Å². The van der Waals surface area contributed by atoms with Gasteiger partial charge in [-0.1, -0.05) is 131 Å². The number of primary amides is 1. The van der Waals surface area contributed by atoms with Gasteiger partial charge in [0.15, 0.2) is 0 Å². The van der Waals surface area contributed by atoms with Crippen LogP contribution in [0.3, 0.4) is 0 Å². The SMILES string of the molecule is C[C@H](N)C(=O)NCC(=O)N[C@@H]1CSSC[C@@H](C(=O)O)NC(=O)[C@H](CO)NC(=O)[C@@H]([C@@H](C)O)NC(=O)[C@H](Cc2ccccc2)NC(=O)[C@@H]([C@@H](C)O)NC(=O)[C@H](CCCCN)NC(=O)[C@H](Cc2c[nH]c3ccccc23)NC(=O)[C@H](Cc2ccccc2)NC(=O)[C@@H](Cc2ccccc2)NC(=O)[C@H](CC(N)=O)NC(=O)[C@@H](CCCCN)NC1=O. The zero-order valence-corrected chi connectivity index (χ0v) is 65.4. The van der Waals surface area contributed by atoms with Gasteiger partial charge in [0.1, 0.15) is 72.5 Å². The second-order valence-corrected chi connectivity index (χ2v) is 30.1. The molecule has 1 aliphatic rings. The molecule has 2 heterocycles. The van der Waals surface area contributed by atoms with Crippen LogP contribution in [0.2, 0.25) is 0 Å². The van der Waals surface area contributed by atoms with Gasteiger partial charge in [-0.05, 0) is 101 Å². The summed E-state index contributed by atoms with van der Waals surface area (Å²) in [4.78, 5) is 217. The molecule has 14 amide bonds. The van der Waals surface area contributed by atoms with Crippen LogP contribution in [-0.4, -0.2) is 243 Å². The lowest BCUT2D eigenvalue weighted by Crippen LogP contribution is -2.63. The van der Waals surface area contributed by atoms with E-state index in [1.807, 2.05) is 0 Å². The molecular formula is C76H104N18O19S2. The summed E-state index contributed by atoms with van der Waals surface area (Å²) in [5.74, 6) is -17.7. The van der Waals surface area contributed by atoms with E-state index in [1.165, 1.54) is 6.92 Å². The average molecular weight is 1640 g/mol. The summed E-state index contributed by atoms with van der Waals surface area (Å²) in [6.45, 7) is 1.88. The number of carboxylic acid groups (broad SMARTS) is 1. The molecule has 4 aromatic carbocycles. The van der Waals surface area contributed by atoms with Crippen LogP contribution < -0.4 is 92.1 Å². The highest BCUT2D eigenvalue weighted by Gasteiger charge is 2.40. The molecule has 1 aromatic heterocycles. The standard InChI is InChI=1S/C76H104N18O19S2/c1-41(79)64(100)82-37-61(99)83-58-39-114-115-40-59(76(112)113)92-72(108)57(38-95)91-75(111)63(43(3)97)94-71(107)54(33-46-23-11-6-12-24-46)90-74(110)62(42(2)96)93-66(102)51(28-16-18-30-78)84-69(105)55(34-47-36-81-49-26-14-13-25-48(47)49)88-68(104)53(32-45-21-9-5-10-22-45)86-67(103)52(31-44-19-7-4-8-20-44)87-70(106)56(35-60(80)98)89-65(101)50(85-73(58)109)27-15-17-29-77/h4-14,19-26,36,41-43,50-59,62-63,81,95-97H,15-18,27-35,37-40,77-79H2,1-3H3,(H2,80,98)(H,82,100)(H,83,99)(H,84,105)(H,85,109)(H,86,103)(H,87,106)(H,88,104)(H,89,101)(H,90,110)(H,91,111)(H,92,108)(H,93,102)(H,94,107)(H,112,113)/t41-,42+,43+,50+,51-,52+,53-,54-,55-,56-,57-,58+,59-,62+,63+/m0/s1. The number of nitrogens with one attached hydrogen (secondary N) is 14. The van der Waals surface area contributed by atoms with Crippen LogP contribution >= 0.6 is 21.6 Å². The summed E-state index contributed by atoms with van der Waals surface area (Å²) in [5.41, 5.74) is 25.6. The maximum Gasteiger partial charge on any atom is 0.327 e. The van der Waals surface area contributed by atoms with E-state index in [4.69, 9.17) is 22.9 Å². The van der Waals surface area contributed by atoms with Crippen molar-refractivity contribution in [1.29, 1.82) is 0 Å². The van der Waals surface area contributed by atoms with Gasteiger partial charge in [0, 0.05) is 54.3 Å². The second-order valence-electron chi connectivity index (χ2n) is 27.6. The van der Waals surface area contributed by atoms with Crippen molar-refractivity contribution in [2.75, 3.05) is 37.7 Å². The number of para-hydroxylation sites is 1. The first-order valence-electron chi connectivity index (χ1n) is 37.4. The Balaban J connectivity index is 1.47. The topological polar surface area (TPSA) is 613 Å². The van der Waals surface area contributed by atoms with Gasteiger partial charge in [-0.2, -0.15) is 0 Å². The molecule has 1 aliphatic heterocycles. The minimum Gasteiger partial charge on any atom is -0.480 e. The molecule has 1 saturated heterocycles. The third-order valence-corrected chi connectivity index (χ3v) is 20.7. The summed E-state index contributed by atoms with van der Waals surface area (Å²) in [5, 5.41) is 76.1.